The molecule has 3 rings (SSSR count). The molecule has 0 bridgehead atoms. The summed E-state index contributed by atoms with van der Waals surface area (Å²) in [6.45, 7) is 2.59. The predicted molar refractivity (Wildman–Crippen MR) is 102 cm³/mol. The molecule has 0 atom stereocenters. The zero-order valence-corrected chi connectivity index (χ0v) is 14.2. The lowest BCUT2D eigenvalue weighted by atomic mass is 10.1. The van der Waals surface area contributed by atoms with Crippen LogP contribution in [0, 0.1) is 6.92 Å². The summed E-state index contributed by atoms with van der Waals surface area (Å²) in [5, 5.41) is 0. The van der Waals surface area contributed by atoms with Crippen LogP contribution in [0.3, 0.4) is 0 Å². The molecule has 0 saturated carbocycles. The number of ether oxygens (including phenoxy) is 1. The summed E-state index contributed by atoms with van der Waals surface area (Å²) in [4.78, 5) is 12.1. The van der Waals surface area contributed by atoms with Gasteiger partial charge < -0.3 is 4.74 Å². The van der Waals surface area contributed by atoms with Gasteiger partial charge in [0.25, 0.3) is 0 Å². The summed E-state index contributed by atoms with van der Waals surface area (Å²) in [6.07, 6.45) is 3.41. The number of benzene rings is 3. The van der Waals surface area contributed by atoms with Gasteiger partial charge in [-0.25, -0.2) is 0 Å². The number of carbonyl (C=O) groups excluding carboxylic acids is 1. The average Bonchev–Trinajstić information content (AvgIpc) is 2.67. The van der Waals surface area contributed by atoms with Crippen LogP contribution in [-0.4, -0.2) is 5.78 Å². The van der Waals surface area contributed by atoms with Crippen LogP contribution in [0.15, 0.2) is 84.9 Å². The molecule has 0 radical (unpaired) electrons. The molecule has 0 aliphatic rings. The van der Waals surface area contributed by atoms with E-state index in [1.165, 1.54) is 5.56 Å². The molecular weight excluding hydrogens is 308 g/mol. The topological polar surface area (TPSA) is 26.3 Å². The van der Waals surface area contributed by atoms with E-state index in [0.29, 0.717) is 12.2 Å². The third kappa shape index (κ3) is 4.92. The first-order valence-electron chi connectivity index (χ1n) is 8.26. The van der Waals surface area contributed by atoms with Gasteiger partial charge in [0.2, 0.25) is 0 Å². The standard InChI is InChI=1S/C23H20O2/c1-18-10-12-20(13-11-18)17-25-22-9-5-6-19(16-22)14-15-23(24)21-7-3-2-4-8-21/h2-16H,17H2,1H3/b15-14+. The molecule has 0 aliphatic carbocycles. The molecule has 0 saturated heterocycles. The number of carbonyl (C=O) groups is 1. The number of allylic oxidation sites excluding steroid dienone is 1. The molecule has 0 aliphatic heterocycles. The van der Waals surface area contributed by atoms with Crippen molar-refractivity contribution >= 4 is 11.9 Å². The molecule has 0 unspecified atom stereocenters. The SMILES string of the molecule is Cc1ccc(COc2cccc(/C=C/C(=O)c3ccccc3)c2)cc1. The predicted octanol–water partition coefficient (Wildman–Crippen LogP) is 5.47. The average molecular weight is 328 g/mol. The summed E-state index contributed by atoms with van der Waals surface area (Å²) >= 11 is 0. The fourth-order valence-corrected chi connectivity index (χ4v) is 2.43. The fraction of sp³-hybridized carbons (Fsp3) is 0.0870. The third-order valence-corrected chi connectivity index (χ3v) is 3.87. The second kappa shape index (κ2) is 8.11. The van der Waals surface area contributed by atoms with Gasteiger partial charge in [0.15, 0.2) is 5.78 Å². The molecule has 3 aromatic carbocycles. The largest absolute Gasteiger partial charge is 0.489 e. The summed E-state index contributed by atoms with van der Waals surface area (Å²) in [6, 6.07) is 25.3. The van der Waals surface area contributed by atoms with Crippen LogP contribution in [0.1, 0.15) is 27.0 Å². The van der Waals surface area contributed by atoms with Crippen LogP contribution >= 0.6 is 0 Å². The molecule has 0 aromatic heterocycles. The number of ketones is 1. The van der Waals surface area contributed by atoms with Crippen LogP contribution in [0.25, 0.3) is 6.08 Å². The smallest absolute Gasteiger partial charge is 0.185 e. The minimum atomic E-state index is -0.00780. The highest BCUT2D eigenvalue weighted by Crippen LogP contribution is 2.17. The highest BCUT2D eigenvalue weighted by molar-refractivity contribution is 6.06. The van der Waals surface area contributed by atoms with E-state index in [2.05, 4.69) is 31.2 Å². The first-order chi connectivity index (χ1) is 12.2. The van der Waals surface area contributed by atoms with Gasteiger partial charge in [0, 0.05) is 5.56 Å². The minimum absolute atomic E-state index is 0.00780. The zero-order chi connectivity index (χ0) is 17.5. The molecule has 3 aromatic rings. The minimum Gasteiger partial charge on any atom is -0.489 e. The first-order valence-corrected chi connectivity index (χ1v) is 8.26. The van der Waals surface area contributed by atoms with Crippen molar-refractivity contribution in [3.63, 3.8) is 0 Å². The Morgan fingerprint density at radius 3 is 2.44 bits per heavy atom. The zero-order valence-electron chi connectivity index (χ0n) is 14.2. The number of hydrogen-bond donors (Lipinski definition) is 0. The van der Waals surface area contributed by atoms with Gasteiger partial charge in [-0.1, -0.05) is 78.4 Å². The Balaban J connectivity index is 1.64. The van der Waals surface area contributed by atoms with E-state index >= 15 is 0 Å². The van der Waals surface area contributed by atoms with Crippen molar-refractivity contribution in [2.24, 2.45) is 0 Å². The molecule has 2 nitrogen and oxygen atoms in total. The summed E-state index contributed by atoms with van der Waals surface area (Å²) < 4.78 is 5.85. The molecule has 0 spiro atoms. The van der Waals surface area contributed by atoms with E-state index in [1.54, 1.807) is 6.08 Å². The van der Waals surface area contributed by atoms with E-state index in [1.807, 2.05) is 60.7 Å². The lowest BCUT2D eigenvalue weighted by molar-refractivity contribution is 0.104. The van der Waals surface area contributed by atoms with Gasteiger partial charge in [-0.15, -0.1) is 0 Å². The normalized spacial score (nSPS) is 10.8. The third-order valence-electron chi connectivity index (χ3n) is 3.87. The van der Waals surface area contributed by atoms with E-state index in [0.717, 1.165) is 16.9 Å². The highest BCUT2D eigenvalue weighted by atomic mass is 16.5. The lowest BCUT2D eigenvalue weighted by Gasteiger charge is -2.07. The Labute approximate surface area is 148 Å². The van der Waals surface area contributed by atoms with E-state index in [4.69, 9.17) is 4.74 Å². The molecule has 0 fully saturated rings. The van der Waals surface area contributed by atoms with Crippen molar-refractivity contribution in [1.82, 2.24) is 0 Å². The maximum absolute atomic E-state index is 12.1. The van der Waals surface area contributed by atoms with Gasteiger partial charge >= 0.3 is 0 Å². The van der Waals surface area contributed by atoms with Crippen molar-refractivity contribution in [3.05, 3.63) is 107 Å². The maximum atomic E-state index is 12.1. The van der Waals surface area contributed by atoms with E-state index in [9.17, 15) is 4.79 Å². The maximum Gasteiger partial charge on any atom is 0.185 e. The Morgan fingerprint density at radius 1 is 0.920 bits per heavy atom. The van der Waals surface area contributed by atoms with Gasteiger partial charge in [0.05, 0.1) is 0 Å². The monoisotopic (exact) mass is 328 g/mol. The Kier molecular flexibility index (Phi) is 5.43. The Morgan fingerprint density at radius 2 is 1.68 bits per heavy atom. The lowest BCUT2D eigenvalue weighted by Crippen LogP contribution is -1.95. The Bertz CT molecular complexity index is 862. The molecule has 0 N–H and O–H groups in total. The summed E-state index contributed by atoms with van der Waals surface area (Å²) in [5.41, 5.74) is 3.99. The van der Waals surface area contributed by atoms with Crippen molar-refractivity contribution < 1.29 is 9.53 Å². The van der Waals surface area contributed by atoms with Crippen LogP contribution in [-0.2, 0) is 6.61 Å². The number of aryl methyl sites for hydroxylation is 1. The van der Waals surface area contributed by atoms with Crippen molar-refractivity contribution in [2.45, 2.75) is 13.5 Å². The molecule has 0 heterocycles. The first kappa shape index (κ1) is 16.7. The summed E-state index contributed by atoms with van der Waals surface area (Å²) in [7, 11) is 0. The van der Waals surface area contributed by atoms with Gasteiger partial charge in [-0.3, -0.25) is 4.79 Å². The Hall–Kier alpha value is -3.13. The van der Waals surface area contributed by atoms with Crippen molar-refractivity contribution in [1.29, 1.82) is 0 Å². The van der Waals surface area contributed by atoms with Crippen LogP contribution in [0.4, 0.5) is 0 Å². The van der Waals surface area contributed by atoms with Crippen LogP contribution < -0.4 is 4.74 Å². The van der Waals surface area contributed by atoms with Crippen molar-refractivity contribution in [3.8, 4) is 5.75 Å². The molecule has 124 valence electrons. The molecular formula is C23H20O2. The van der Waals surface area contributed by atoms with E-state index in [-0.39, 0.29) is 5.78 Å². The molecule has 0 amide bonds. The number of hydrogen-bond acceptors (Lipinski definition) is 2. The molecule has 2 heteroatoms. The second-order valence-electron chi connectivity index (χ2n) is 5.91. The van der Waals surface area contributed by atoms with Crippen molar-refractivity contribution in [2.75, 3.05) is 0 Å². The van der Waals surface area contributed by atoms with Gasteiger partial charge in [-0.2, -0.15) is 0 Å². The summed E-state index contributed by atoms with van der Waals surface area (Å²) in [5.74, 6) is 0.779. The quantitative estimate of drug-likeness (QED) is 0.443. The van der Waals surface area contributed by atoms with Crippen LogP contribution in [0.2, 0.25) is 0 Å². The van der Waals surface area contributed by atoms with Crippen LogP contribution in [0.5, 0.6) is 5.75 Å². The number of rotatable bonds is 6. The fourth-order valence-electron chi connectivity index (χ4n) is 2.43. The van der Waals surface area contributed by atoms with E-state index < -0.39 is 0 Å². The highest BCUT2D eigenvalue weighted by Gasteiger charge is 2.01. The van der Waals surface area contributed by atoms with Gasteiger partial charge in [-0.05, 0) is 36.3 Å². The molecule has 25 heavy (non-hydrogen) atoms. The second-order valence-corrected chi connectivity index (χ2v) is 5.91. The van der Waals surface area contributed by atoms with Gasteiger partial charge in [0.1, 0.15) is 12.4 Å².